The molecule has 0 fully saturated rings. The molecule has 1 amide bonds. The van der Waals surface area contributed by atoms with E-state index in [0.29, 0.717) is 0 Å². The first kappa shape index (κ1) is 24.0. The number of phosphoric ester groups is 1. The molecule has 0 bridgehead atoms. The summed E-state index contributed by atoms with van der Waals surface area (Å²) in [6, 6.07) is 2.31. The van der Waals surface area contributed by atoms with E-state index in [1.54, 1.807) is 0 Å². The van der Waals surface area contributed by atoms with Crippen molar-refractivity contribution in [1.29, 1.82) is 0 Å². The second-order valence-electron chi connectivity index (χ2n) is 8.77. The van der Waals surface area contributed by atoms with Gasteiger partial charge in [0.25, 0.3) is 5.91 Å². The van der Waals surface area contributed by atoms with Crippen LogP contribution < -0.4 is 33.6 Å². The van der Waals surface area contributed by atoms with Crippen molar-refractivity contribution in [2.45, 2.75) is 32.3 Å². The number of rotatable bonds is 10. The molecule has 0 unspecified atom stereocenters. The molecule has 3 aromatic rings. The van der Waals surface area contributed by atoms with Crippen LogP contribution in [0.3, 0.4) is 0 Å². The highest BCUT2D eigenvalue weighted by Gasteiger charge is 2.42. The molecule has 0 atom stereocenters. The summed E-state index contributed by atoms with van der Waals surface area (Å²) in [5.74, 6) is -2.53. The fourth-order valence-electron chi connectivity index (χ4n) is 3.74. The average molecular weight is 580 g/mol. The van der Waals surface area contributed by atoms with Crippen molar-refractivity contribution in [2.75, 3.05) is 32.9 Å². The third-order valence-electron chi connectivity index (χ3n) is 5.54. The number of pyridine rings is 1. The van der Waals surface area contributed by atoms with Gasteiger partial charge in [-0.25, -0.2) is 19.3 Å². The van der Waals surface area contributed by atoms with Crippen LogP contribution in [0, 0.1) is 5.82 Å². The maximum atomic E-state index is 14.9. The smallest absolute Gasteiger partial charge is 0.273 e. The molecule has 4 rings (SSSR count). The number of hydrogen-bond donors (Lipinski definition) is 0. The summed E-state index contributed by atoms with van der Waals surface area (Å²) in [7, 11) is -1.95. The maximum Gasteiger partial charge on any atom is 0.273 e. The van der Waals surface area contributed by atoms with Crippen LogP contribution in [0.2, 0.25) is 0 Å². The quantitative estimate of drug-likeness (QED) is 0.318. The third kappa shape index (κ3) is 6.31. The number of methoxy groups -OCH3 is 3. The van der Waals surface area contributed by atoms with Gasteiger partial charge in [0.15, 0.2) is 34.5 Å². The van der Waals surface area contributed by atoms with Gasteiger partial charge in [0, 0.05) is 18.5 Å². The highest BCUT2D eigenvalue weighted by Crippen LogP contribution is 2.39. The molecule has 40 heavy (non-hydrogen) atoms. The lowest BCUT2D eigenvalue weighted by Crippen LogP contribution is -2.53. The van der Waals surface area contributed by atoms with Crippen LogP contribution in [0.4, 0.5) is 10.2 Å². The Morgan fingerprint density at radius 3 is 2.40 bits per heavy atom. The highest BCUT2D eigenvalue weighted by molar-refractivity contribution is 7.43. The molecule has 1 aromatic carbocycles. The van der Waals surface area contributed by atoms with E-state index < -0.39 is 37.6 Å². The Kier molecular flexibility index (Phi) is 6.80. The van der Waals surface area contributed by atoms with Crippen molar-refractivity contribution in [2.24, 2.45) is 0 Å². The first-order valence-electron chi connectivity index (χ1n) is 13.5. The van der Waals surface area contributed by atoms with Crippen molar-refractivity contribution in [1.82, 2.24) is 15.0 Å². The van der Waals surface area contributed by atoms with E-state index in [2.05, 4.69) is 19.5 Å². The number of carbonyl (C=O) groups excluding carboxylic acids is 1. The molecule has 15 heteroatoms. The van der Waals surface area contributed by atoms with Crippen molar-refractivity contribution < 1.29 is 52.5 Å². The predicted molar refractivity (Wildman–Crippen MR) is 134 cm³/mol. The summed E-state index contributed by atoms with van der Waals surface area (Å²) in [6.45, 7) is -0.896. The van der Waals surface area contributed by atoms with Gasteiger partial charge in [0.05, 0.1) is 46.5 Å². The van der Waals surface area contributed by atoms with E-state index in [1.165, 1.54) is 47.3 Å². The maximum absolute atomic E-state index is 14.9. The fraction of sp³-hybridized carbons (Fsp3) is 0.360. The van der Waals surface area contributed by atoms with Gasteiger partial charge in [-0.05, 0) is 43.6 Å². The van der Waals surface area contributed by atoms with Crippen LogP contribution >= 0.6 is 7.82 Å². The van der Waals surface area contributed by atoms with Crippen LogP contribution in [0.15, 0.2) is 30.4 Å². The molecule has 1 aliphatic heterocycles. The molecule has 0 aliphatic carbocycles. The van der Waals surface area contributed by atoms with Gasteiger partial charge in [0.1, 0.15) is 12.5 Å². The Labute approximate surface area is 234 Å². The van der Waals surface area contributed by atoms with E-state index >= 15 is 0 Å². The molecule has 1 aliphatic rings. The Bertz CT molecular complexity index is 1640. The average Bonchev–Trinajstić information content (AvgIpc) is 2.91. The zero-order chi connectivity index (χ0) is 32.8. The lowest BCUT2D eigenvalue weighted by molar-refractivity contribution is -0.341. The van der Waals surface area contributed by atoms with E-state index in [9.17, 15) is 23.5 Å². The van der Waals surface area contributed by atoms with Crippen LogP contribution in [0.25, 0.3) is 0 Å². The first-order valence-corrected chi connectivity index (χ1v) is 12.9. The number of carbonyl (C=O) groups is 1. The number of anilines is 1. The molecule has 0 saturated carbocycles. The minimum atomic E-state index is -5.92. The zero-order valence-electron chi connectivity index (χ0n) is 25.9. The summed E-state index contributed by atoms with van der Waals surface area (Å²) in [5.41, 5.74) is -1.75. The molecule has 13 nitrogen and oxygen atoms in total. The Morgan fingerprint density at radius 2 is 1.80 bits per heavy atom. The van der Waals surface area contributed by atoms with Gasteiger partial charge < -0.3 is 37.8 Å². The van der Waals surface area contributed by atoms with Gasteiger partial charge in [-0.2, -0.15) is 0 Å². The lowest BCUT2D eigenvalue weighted by Gasteiger charge is -2.39. The van der Waals surface area contributed by atoms with E-state index in [1.807, 2.05) is 0 Å². The number of phosphoric acid groups is 1. The molecule has 0 radical (unpaired) electrons. The van der Waals surface area contributed by atoms with Crippen LogP contribution in [0.5, 0.6) is 23.0 Å². The molecular formula is C25H26FN4O9P-2. The lowest BCUT2D eigenvalue weighted by atomic mass is 10.1. The van der Waals surface area contributed by atoms with Gasteiger partial charge in [-0.1, -0.05) is 0 Å². The molecule has 2 aromatic heterocycles. The molecule has 214 valence electrons. The monoisotopic (exact) mass is 580 g/mol. The van der Waals surface area contributed by atoms with Crippen molar-refractivity contribution in [3.05, 3.63) is 59.0 Å². The second-order valence-corrected chi connectivity index (χ2v) is 9.85. The van der Waals surface area contributed by atoms with E-state index in [4.69, 9.17) is 24.4 Å². The number of halogens is 1. The summed E-state index contributed by atoms with van der Waals surface area (Å²) in [4.78, 5) is 48.2. The summed E-state index contributed by atoms with van der Waals surface area (Å²) in [5, 5.41) is 0. The number of fused-ring (bicyclic) bond motifs is 1. The van der Waals surface area contributed by atoms with Crippen LogP contribution in [-0.2, 0) is 26.7 Å². The van der Waals surface area contributed by atoms with Crippen LogP contribution in [-0.4, -0.2) is 54.5 Å². The van der Waals surface area contributed by atoms with E-state index in [0.717, 1.165) is 6.20 Å². The minimum Gasteiger partial charge on any atom is -0.790 e. The van der Waals surface area contributed by atoms with Gasteiger partial charge in [-0.3, -0.25) is 9.69 Å². The number of ether oxygens (including phenoxy) is 4. The van der Waals surface area contributed by atoms with Gasteiger partial charge >= 0.3 is 0 Å². The van der Waals surface area contributed by atoms with Crippen molar-refractivity contribution >= 4 is 19.5 Å². The third-order valence-corrected chi connectivity index (χ3v) is 5.84. The second kappa shape index (κ2) is 11.3. The first-order chi connectivity index (χ1) is 20.4. The number of nitrogens with zero attached hydrogens (tertiary/aromatic N) is 4. The number of benzene rings is 1. The van der Waals surface area contributed by atoms with Gasteiger partial charge in [0.2, 0.25) is 5.75 Å². The number of aromatic nitrogens is 3. The number of hydrogen-bond acceptors (Lipinski definition) is 12. The summed E-state index contributed by atoms with van der Waals surface area (Å²) in [6.07, 6.45) is 0.351. The summed E-state index contributed by atoms with van der Waals surface area (Å²) < 4.78 is 84.7. The predicted octanol–water partition coefficient (Wildman–Crippen LogP) is 1.52. The highest BCUT2D eigenvalue weighted by atomic mass is 31.2. The molecule has 0 spiro atoms. The molecule has 3 heterocycles. The largest absolute Gasteiger partial charge is 0.790 e. The van der Waals surface area contributed by atoms with Gasteiger partial charge in [-0.15, -0.1) is 0 Å². The topological polar surface area (TPSA) is 168 Å². The normalized spacial score (nSPS) is 16.2. The van der Waals surface area contributed by atoms with Crippen molar-refractivity contribution in [3.63, 3.8) is 0 Å². The SMILES string of the molecule is [2H]c1c(Cc2ncc(F)c(Cc3ccc4c(n3)N(C([2H])([2H])OP(=O)([O-])[O-])C(=O)C(C)(C)O4)n2)c([2H])c(OC)c(OC)c1OC. The Balaban J connectivity index is 1.73. The van der Waals surface area contributed by atoms with E-state index in [-0.39, 0.29) is 75.6 Å². The summed E-state index contributed by atoms with van der Waals surface area (Å²) >= 11 is 0. The van der Waals surface area contributed by atoms with Crippen molar-refractivity contribution in [3.8, 4) is 23.0 Å². The number of amides is 1. The standard InChI is InChI=1S/C25H28FN4O9P/c1-25(2)24(31)30(13-38-40(32,33)34)23-18(39-25)7-6-15(28-23)11-17-16(26)12-27-21(29-17)10-14-8-19(35-3)22(37-5)20(9-14)36-4/h6-9,12H,10-11,13H2,1-5H3,(H2,32,33,34)/p-2/i8D,9D,13D2. The van der Waals surface area contributed by atoms with Crippen LogP contribution in [0.1, 0.15) is 42.1 Å². The molecule has 0 saturated heterocycles. The zero-order valence-corrected chi connectivity index (χ0v) is 22.8. The molecular weight excluding hydrogens is 550 g/mol. The Hall–Kier alpha value is -3.84. The fourth-order valence-corrected chi connectivity index (χ4v) is 3.92. The molecule has 0 N–H and O–H groups in total. The Morgan fingerprint density at radius 1 is 1.12 bits per heavy atom. The minimum absolute atomic E-state index is 0.00889.